The molecule has 21 heavy (non-hydrogen) atoms. The van der Waals surface area contributed by atoms with Crippen LogP contribution in [0.3, 0.4) is 0 Å². The second-order valence-electron chi connectivity index (χ2n) is 4.85. The van der Waals surface area contributed by atoms with Crippen molar-refractivity contribution in [2.75, 3.05) is 0 Å². The van der Waals surface area contributed by atoms with Gasteiger partial charge < -0.3 is 10.4 Å². The highest BCUT2D eigenvalue weighted by Gasteiger charge is 2.11. The fourth-order valence-corrected chi connectivity index (χ4v) is 2.09. The predicted molar refractivity (Wildman–Crippen MR) is 73.9 cm³/mol. The Labute approximate surface area is 121 Å². The molecule has 112 valence electrons. The van der Waals surface area contributed by atoms with Crippen molar-refractivity contribution in [3.8, 4) is 0 Å². The van der Waals surface area contributed by atoms with Crippen molar-refractivity contribution in [2.45, 2.75) is 26.1 Å². The molecular weight excluding hydrogens is 279 g/mol. The first-order valence-electron chi connectivity index (χ1n) is 6.57. The molecule has 0 aliphatic rings. The molecule has 0 aliphatic heterocycles. The topological polar surface area (TPSA) is 32.3 Å². The van der Waals surface area contributed by atoms with Crippen LogP contribution in [0.5, 0.6) is 0 Å². The van der Waals surface area contributed by atoms with E-state index in [4.69, 9.17) is 5.11 Å². The Hall–Kier alpha value is -1.85. The molecule has 1 atom stereocenters. The molecule has 0 radical (unpaired) electrons. The van der Waals surface area contributed by atoms with E-state index in [-0.39, 0.29) is 18.2 Å². The molecule has 2 aromatic rings. The van der Waals surface area contributed by atoms with Crippen LogP contribution in [0.25, 0.3) is 0 Å². The summed E-state index contributed by atoms with van der Waals surface area (Å²) >= 11 is 0. The van der Waals surface area contributed by atoms with Gasteiger partial charge >= 0.3 is 0 Å². The number of aliphatic hydroxyl groups is 1. The first kappa shape index (κ1) is 15.5. The van der Waals surface area contributed by atoms with Crippen molar-refractivity contribution < 1.29 is 18.3 Å². The molecule has 1 unspecified atom stereocenters. The first-order valence-corrected chi connectivity index (χ1v) is 6.57. The highest BCUT2D eigenvalue weighted by atomic mass is 19.1. The smallest absolute Gasteiger partial charge is 0.130 e. The number of hydrogen-bond donors (Lipinski definition) is 2. The number of nitrogens with one attached hydrogen (secondary N) is 1. The van der Waals surface area contributed by atoms with Gasteiger partial charge in [-0.25, -0.2) is 13.2 Å². The summed E-state index contributed by atoms with van der Waals surface area (Å²) in [6.07, 6.45) is 0. The van der Waals surface area contributed by atoms with Gasteiger partial charge in [-0.3, -0.25) is 0 Å². The Balaban J connectivity index is 2.05. The van der Waals surface area contributed by atoms with E-state index in [0.29, 0.717) is 12.1 Å². The molecule has 2 rings (SSSR count). The largest absolute Gasteiger partial charge is 0.392 e. The molecule has 0 heterocycles. The maximum Gasteiger partial charge on any atom is 0.130 e. The molecule has 0 fully saturated rings. The molecule has 2 nitrogen and oxygen atoms in total. The standard InChI is InChI=1S/C16H16F3NO/c1-10(14-4-3-13(17)7-16(14)19)20-8-11-2-5-15(18)12(6-11)9-21/h2-7,10,20-21H,8-9H2,1H3. The Bertz CT molecular complexity index is 631. The number of hydrogen-bond acceptors (Lipinski definition) is 2. The Morgan fingerprint density at radius 2 is 1.81 bits per heavy atom. The third kappa shape index (κ3) is 3.83. The Morgan fingerprint density at radius 3 is 2.48 bits per heavy atom. The van der Waals surface area contributed by atoms with Crippen LogP contribution >= 0.6 is 0 Å². The lowest BCUT2D eigenvalue weighted by atomic mass is 10.1. The maximum absolute atomic E-state index is 13.6. The van der Waals surface area contributed by atoms with E-state index in [0.717, 1.165) is 11.6 Å². The van der Waals surface area contributed by atoms with Gasteiger partial charge in [-0.1, -0.05) is 12.1 Å². The van der Waals surface area contributed by atoms with Crippen molar-refractivity contribution >= 4 is 0 Å². The molecule has 0 spiro atoms. The molecule has 0 bridgehead atoms. The second kappa shape index (κ2) is 6.74. The predicted octanol–water partition coefficient (Wildman–Crippen LogP) is 3.45. The van der Waals surface area contributed by atoms with Gasteiger partial charge in [-0.05, 0) is 30.7 Å². The SMILES string of the molecule is CC(NCc1ccc(F)c(CO)c1)c1ccc(F)cc1F. The maximum atomic E-state index is 13.6. The molecule has 2 N–H and O–H groups in total. The van der Waals surface area contributed by atoms with Crippen LogP contribution in [0.15, 0.2) is 36.4 Å². The molecule has 0 saturated heterocycles. The highest BCUT2D eigenvalue weighted by Crippen LogP contribution is 2.18. The van der Waals surface area contributed by atoms with Crippen LogP contribution in [0.2, 0.25) is 0 Å². The van der Waals surface area contributed by atoms with Gasteiger partial charge in [0.2, 0.25) is 0 Å². The van der Waals surface area contributed by atoms with Gasteiger partial charge in [-0.15, -0.1) is 0 Å². The zero-order chi connectivity index (χ0) is 15.4. The average molecular weight is 295 g/mol. The van der Waals surface area contributed by atoms with Crippen LogP contribution < -0.4 is 5.32 Å². The molecule has 0 aromatic heterocycles. The Morgan fingerprint density at radius 1 is 1.05 bits per heavy atom. The summed E-state index contributed by atoms with van der Waals surface area (Å²) in [5.41, 5.74) is 1.35. The molecule has 0 saturated carbocycles. The summed E-state index contributed by atoms with van der Waals surface area (Å²) in [4.78, 5) is 0. The van der Waals surface area contributed by atoms with Crippen molar-refractivity contribution in [3.63, 3.8) is 0 Å². The van der Waals surface area contributed by atoms with Crippen molar-refractivity contribution in [2.24, 2.45) is 0 Å². The van der Waals surface area contributed by atoms with E-state index in [1.54, 1.807) is 19.1 Å². The highest BCUT2D eigenvalue weighted by molar-refractivity contribution is 5.25. The van der Waals surface area contributed by atoms with Crippen LogP contribution in [0.1, 0.15) is 29.7 Å². The number of benzene rings is 2. The molecule has 0 aliphatic carbocycles. The van der Waals surface area contributed by atoms with Crippen molar-refractivity contribution in [1.82, 2.24) is 5.32 Å². The molecular formula is C16H16F3NO. The van der Waals surface area contributed by atoms with Crippen molar-refractivity contribution in [3.05, 3.63) is 70.5 Å². The van der Waals surface area contributed by atoms with Gasteiger partial charge in [0.05, 0.1) is 6.61 Å². The quantitative estimate of drug-likeness (QED) is 0.885. The zero-order valence-electron chi connectivity index (χ0n) is 11.5. The van der Waals surface area contributed by atoms with E-state index in [1.165, 1.54) is 18.2 Å². The minimum atomic E-state index is -0.616. The van der Waals surface area contributed by atoms with Crippen LogP contribution in [-0.2, 0) is 13.2 Å². The van der Waals surface area contributed by atoms with E-state index < -0.39 is 17.5 Å². The second-order valence-corrected chi connectivity index (χ2v) is 4.85. The van der Waals surface area contributed by atoms with Gasteiger partial charge in [-0.2, -0.15) is 0 Å². The van der Waals surface area contributed by atoms with Crippen LogP contribution in [0, 0.1) is 17.5 Å². The summed E-state index contributed by atoms with van der Waals surface area (Å²) in [6.45, 7) is 1.76. The fraction of sp³-hybridized carbons (Fsp3) is 0.250. The van der Waals surface area contributed by atoms with Gasteiger partial charge in [0.1, 0.15) is 17.5 Å². The van der Waals surface area contributed by atoms with Crippen LogP contribution in [-0.4, -0.2) is 5.11 Å². The average Bonchev–Trinajstić information content (AvgIpc) is 2.46. The van der Waals surface area contributed by atoms with Gasteiger partial charge in [0.25, 0.3) is 0 Å². The fourth-order valence-electron chi connectivity index (χ4n) is 2.09. The van der Waals surface area contributed by atoms with Gasteiger partial charge in [0, 0.05) is 29.8 Å². The zero-order valence-corrected chi connectivity index (χ0v) is 11.5. The summed E-state index contributed by atoms with van der Waals surface area (Å²) in [5, 5.41) is 12.1. The summed E-state index contributed by atoms with van der Waals surface area (Å²) in [5.74, 6) is -1.68. The van der Waals surface area contributed by atoms with E-state index in [9.17, 15) is 13.2 Å². The number of aliphatic hydroxyl groups excluding tert-OH is 1. The normalized spacial score (nSPS) is 12.4. The first-order chi connectivity index (χ1) is 10.0. The number of rotatable bonds is 5. The summed E-state index contributed by atoms with van der Waals surface area (Å²) < 4.78 is 39.8. The van der Waals surface area contributed by atoms with Gasteiger partial charge in [0.15, 0.2) is 0 Å². The lowest BCUT2D eigenvalue weighted by molar-refractivity contribution is 0.275. The lowest BCUT2D eigenvalue weighted by Gasteiger charge is -2.15. The van der Waals surface area contributed by atoms with Crippen molar-refractivity contribution in [1.29, 1.82) is 0 Å². The van der Waals surface area contributed by atoms with E-state index in [2.05, 4.69) is 5.32 Å². The summed E-state index contributed by atoms with van der Waals surface area (Å²) in [6, 6.07) is 7.55. The number of halogens is 3. The van der Waals surface area contributed by atoms with E-state index >= 15 is 0 Å². The monoisotopic (exact) mass is 295 g/mol. The third-order valence-corrected chi connectivity index (χ3v) is 3.32. The summed E-state index contributed by atoms with van der Waals surface area (Å²) in [7, 11) is 0. The molecule has 2 aromatic carbocycles. The Kier molecular flexibility index (Phi) is 4.98. The molecule has 5 heteroatoms. The molecule has 0 amide bonds. The lowest BCUT2D eigenvalue weighted by Crippen LogP contribution is -2.19. The third-order valence-electron chi connectivity index (χ3n) is 3.32. The minimum Gasteiger partial charge on any atom is -0.392 e. The minimum absolute atomic E-state index is 0.218. The van der Waals surface area contributed by atoms with E-state index in [1.807, 2.05) is 0 Å². The van der Waals surface area contributed by atoms with Crippen LogP contribution in [0.4, 0.5) is 13.2 Å².